The smallest absolute Gasteiger partial charge is 0.338 e. The van der Waals surface area contributed by atoms with E-state index < -0.39 is 12.0 Å². The molecule has 1 atom stereocenters. The number of hydrogen-bond donors (Lipinski definition) is 0. The number of benzene rings is 2. The SMILES string of the molecule is C=CCOc1c(I)cc(/C=c2\sc3n(c2=O)[C@H](c2ccc(SC)cc2)C(C(=O)OC(C)C)=C(C)N=3)cc1I. The molecule has 4 rings (SSSR count). The van der Waals surface area contributed by atoms with Gasteiger partial charge in [-0.05, 0) is 114 Å². The predicted octanol–water partition coefficient (Wildman–Crippen LogP) is 5.68. The van der Waals surface area contributed by atoms with E-state index in [0.717, 1.165) is 28.9 Å². The number of esters is 1. The molecule has 0 aliphatic carbocycles. The van der Waals surface area contributed by atoms with Crippen LogP contribution in [0.3, 0.4) is 0 Å². The molecule has 0 N–H and O–H groups in total. The lowest BCUT2D eigenvalue weighted by molar-refractivity contribution is -0.143. The summed E-state index contributed by atoms with van der Waals surface area (Å²) in [4.78, 5) is 33.4. The van der Waals surface area contributed by atoms with Crippen LogP contribution in [0.5, 0.6) is 5.75 Å². The zero-order valence-electron chi connectivity index (χ0n) is 21.3. The summed E-state index contributed by atoms with van der Waals surface area (Å²) >= 11 is 7.42. The van der Waals surface area contributed by atoms with Gasteiger partial charge in [0, 0.05) is 4.90 Å². The van der Waals surface area contributed by atoms with Crippen molar-refractivity contribution in [3.05, 3.63) is 98.3 Å². The summed E-state index contributed by atoms with van der Waals surface area (Å²) in [5.41, 5.74) is 2.43. The van der Waals surface area contributed by atoms with Crippen LogP contribution in [-0.4, -0.2) is 29.5 Å². The number of aromatic nitrogens is 1. The van der Waals surface area contributed by atoms with Crippen molar-refractivity contribution in [2.45, 2.75) is 37.8 Å². The Morgan fingerprint density at radius 3 is 2.47 bits per heavy atom. The number of halogens is 2. The zero-order chi connectivity index (χ0) is 27.6. The molecule has 3 aromatic rings. The molecule has 1 aromatic heterocycles. The summed E-state index contributed by atoms with van der Waals surface area (Å²) < 4.78 is 15.4. The van der Waals surface area contributed by atoms with Crippen LogP contribution in [-0.2, 0) is 9.53 Å². The van der Waals surface area contributed by atoms with Gasteiger partial charge in [0.15, 0.2) is 4.80 Å². The quantitative estimate of drug-likeness (QED) is 0.128. The van der Waals surface area contributed by atoms with E-state index in [1.54, 1.807) is 29.3 Å². The van der Waals surface area contributed by atoms with Gasteiger partial charge in [-0.2, -0.15) is 0 Å². The molecule has 1 aliphatic heterocycles. The van der Waals surface area contributed by atoms with Crippen molar-refractivity contribution in [3.8, 4) is 5.75 Å². The topological polar surface area (TPSA) is 69.9 Å². The molecule has 0 spiro atoms. The van der Waals surface area contributed by atoms with Gasteiger partial charge in [-0.25, -0.2) is 9.79 Å². The van der Waals surface area contributed by atoms with Gasteiger partial charge in [-0.15, -0.1) is 11.8 Å². The van der Waals surface area contributed by atoms with Crippen LogP contribution < -0.4 is 19.6 Å². The van der Waals surface area contributed by atoms with Gasteiger partial charge in [0.25, 0.3) is 5.56 Å². The molecule has 6 nitrogen and oxygen atoms in total. The normalized spacial score (nSPS) is 15.3. The first-order chi connectivity index (χ1) is 18.1. The molecule has 0 radical (unpaired) electrons. The first kappa shape index (κ1) is 29.1. The number of thiazole rings is 1. The molecule has 0 saturated carbocycles. The molecule has 2 heterocycles. The Morgan fingerprint density at radius 2 is 1.89 bits per heavy atom. The molecule has 0 unspecified atom stereocenters. The lowest BCUT2D eigenvalue weighted by Gasteiger charge is -2.25. The van der Waals surface area contributed by atoms with E-state index in [9.17, 15) is 9.59 Å². The monoisotopic (exact) mass is 772 g/mol. The molecule has 2 aromatic carbocycles. The van der Waals surface area contributed by atoms with Gasteiger partial charge in [-0.1, -0.05) is 36.1 Å². The van der Waals surface area contributed by atoms with E-state index in [4.69, 9.17) is 9.47 Å². The Bertz CT molecular complexity index is 1580. The molecular formula is C28H26I2N2O4S2. The molecule has 38 heavy (non-hydrogen) atoms. The Hall–Kier alpha value is -1.90. The lowest BCUT2D eigenvalue weighted by atomic mass is 9.96. The lowest BCUT2D eigenvalue weighted by Crippen LogP contribution is -2.40. The molecule has 0 saturated heterocycles. The second-order valence-electron chi connectivity index (χ2n) is 8.72. The van der Waals surface area contributed by atoms with Crippen LogP contribution in [0.15, 0.2) is 75.0 Å². The van der Waals surface area contributed by atoms with Crippen LogP contribution in [0.25, 0.3) is 6.08 Å². The largest absolute Gasteiger partial charge is 0.487 e. The number of rotatable bonds is 8. The number of fused-ring (bicyclic) bond motifs is 1. The third-order valence-corrected chi connectivity index (χ3v) is 9.01. The minimum Gasteiger partial charge on any atom is -0.487 e. The fourth-order valence-electron chi connectivity index (χ4n) is 4.06. The molecule has 0 fully saturated rings. The molecular weight excluding hydrogens is 746 g/mol. The average Bonchev–Trinajstić information content (AvgIpc) is 3.16. The number of thioether (sulfide) groups is 1. The summed E-state index contributed by atoms with van der Waals surface area (Å²) in [7, 11) is 0. The minimum absolute atomic E-state index is 0.202. The van der Waals surface area contributed by atoms with Crippen LogP contribution in [0.1, 0.15) is 37.9 Å². The maximum absolute atomic E-state index is 13.9. The second kappa shape index (κ2) is 12.5. The minimum atomic E-state index is -0.634. The van der Waals surface area contributed by atoms with Crippen molar-refractivity contribution in [1.82, 2.24) is 4.57 Å². The third-order valence-electron chi connectivity index (χ3n) is 5.68. The van der Waals surface area contributed by atoms with Gasteiger partial charge in [0.1, 0.15) is 12.4 Å². The number of allylic oxidation sites excluding steroid dienone is 1. The van der Waals surface area contributed by atoms with E-state index in [1.165, 1.54) is 11.3 Å². The van der Waals surface area contributed by atoms with E-state index in [-0.39, 0.29) is 11.7 Å². The van der Waals surface area contributed by atoms with Gasteiger partial charge in [0.05, 0.1) is 35.1 Å². The third kappa shape index (κ3) is 6.13. The number of carbonyl (C=O) groups is 1. The molecule has 10 heteroatoms. The van der Waals surface area contributed by atoms with E-state index in [2.05, 4.69) is 56.8 Å². The van der Waals surface area contributed by atoms with Crippen LogP contribution in [0.4, 0.5) is 0 Å². The first-order valence-electron chi connectivity index (χ1n) is 11.7. The van der Waals surface area contributed by atoms with Crippen molar-refractivity contribution in [1.29, 1.82) is 0 Å². The molecule has 0 bridgehead atoms. The van der Waals surface area contributed by atoms with Crippen molar-refractivity contribution in [2.75, 3.05) is 12.9 Å². The number of hydrogen-bond acceptors (Lipinski definition) is 7. The summed E-state index contributed by atoms with van der Waals surface area (Å²) in [5, 5.41) is 0. The van der Waals surface area contributed by atoms with Crippen LogP contribution in [0.2, 0.25) is 0 Å². The van der Waals surface area contributed by atoms with Gasteiger partial charge < -0.3 is 9.47 Å². The van der Waals surface area contributed by atoms with Gasteiger partial charge >= 0.3 is 5.97 Å². The zero-order valence-corrected chi connectivity index (χ0v) is 27.2. The number of nitrogens with zero attached hydrogens (tertiary/aromatic N) is 2. The summed E-state index contributed by atoms with van der Waals surface area (Å²) in [6, 6.07) is 11.2. The number of ether oxygens (including phenoxy) is 2. The molecule has 1 aliphatic rings. The highest BCUT2D eigenvalue weighted by atomic mass is 127. The molecule has 198 valence electrons. The van der Waals surface area contributed by atoms with Crippen LogP contribution >= 0.6 is 68.3 Å². The Kier molecular flexibility index (Phi) is 9.58. The Balaban J connectivity index is 1.88. The first-order valence-corrected chi connectivity index (χ1v) is 15.9. The van der Waals surface area contributed by atoms with Gasteiger partial charge in [-0.3, -0.25) is 9.36 Å². The highest BCUT2D eigenvalue weighted by Crippen LogP contribution is 2.32. The fourth-order valence-corrected chi connectivity index (χ4v) is 7.64. The van der Waals surface area contributed by atoms with Crippen molar-refractivity contribution in [2.24, 2.45) is 4.99 Å². The highest BCUT2D eigenvalue weighted by molar-refractivity contribution is 14.1. The van der Waals surface area contributed by atoms with Gasteiger partial charge in [0.2, 0.25) is 0 Å². The number of carbonyl (C=O) groups excluding carboxylic acids is 1. The summed E-state index contributed by atoms with van der Waals surface area (Å²) in [6.45, 7) is 9.54. The Morgan fingerprint density at radius 1 is 1.24 bits per heavy atom. The maximum Gasteiger partial charge on any atom is 0.338 e. The second-order valence-corrected chi connectivity index (χ2v) is 12.9. The highest BCUT2D eigenvalue weighted by Gasteiger charge is 2.33. The van der Waals surface area contributed by atoms with Crippen molar-refractivity contribution >= 4 is 80.3 Å². The van der Waals surface area contributed by atoms with Crippen LogP contribution in [0, 0.1) is 7.14 Å². The Labute approximate surface area is 256 Å². The van der Waals surface area contributed by atoms with Crippen molar-refractivity contribution < 1.29 is 14.3 Å². The standard InChI is InChI=1S/C28H26I2N2O4S2/c1-6-11-35-25-20(29)12-17(13-21(25)30)14-22-26(33)32-24(18-7-9-19(37-5)10-8-18)23(27(34)36-15(2)3)16(4)31-28(32)38-22/h6-10,12-15,24H,1,11H2,2-5H3/b22-14-/t24-/m1/s1. The van der Waals surface area contributed by atoms with E-state index in [0.29, 0.717) is 27.2 Å². The molecule has 0 amide bonds. The van der Waals surface area contributed by atoms with E-state index >= 15 is 0 Å². The van der Waals surface area contributed by atoms with E-state index in [1.807, 2.05) is 62.6 Å². The summed E-state index contributed by atoms with van der Waals surface area (Å²) in [6.07, 6.45) is 5.29. The predicted molar refractivity (Wildman–Crippen MR) is 171 cm³/mol. The maximum atomic E-state index is 13.9. The fraction of sp³-hybridized carbons (Fsp3) is 0.250. The van der Waals surface area contributed by atoms with Crippen molar-refractivity contribution in [3.63, 3.8) is 0 Å². The summed E-state index contributed by atoms with van der Waals surface area (Å²) in [5.74, 6) is 0.330. The average molecular weight is 772 g/mol.